The molecule has 0 spiro atoms. The predicted molar refractivity (Wildman–Crippen MR) is 62.6 cm³/mol. The third-order valence-corrected chi connectivity index (χ3v) is 3.02. The van der Waals surface area contributed by atoms with Gasteiger partial charge in [-0.1, -0.05) is 24.3 Å². The van der Waals surface area contributed by atoms with E-state index in [-0.39, 0.29) is 5.16 Å². The lowest BCUT2D eigenvalue weighted by atomic mass is 10.1. The molecule has 0 amide bonds. The van der Waals surface area contributed by atoms with Gasteiger partial charge in [-0.25, -0.2) is 9.19 Å². The van der Waals surface area contributed by atoms with Crippen LogP contribution in [0.4, 0.5) is 0 Å². The van der Waals surface area contributed by atoms with Gasteiger partial charge in [0.25, 0.3) is 0 Å². The van der Waals surface area contributed by atoms with E-state index in [2.05, 4.69) is 9.97 Å². The average Bonchev–Trinajstić information content (AvgIpc) is 2.68. The maximum atomic E-state index is 10.9. The van der Waals surface area contributed by atoms with E-state index in [4.69, 9.17) is 4.55 Å². The molecule has 1 aromatic heterocycles. The zero-order valence-electron chi connectivity index (χ0n) is 8.18. The van der Waals surface area contributed by atoms with Gasteiger partial charge in [0.15, 0.2) is 0 Å². The van der Waals surface area contributed by atoms with Crippen LogP contribution < -0.4 is 0 Å². The largest absolute Gasteiger partial charge is 0.329 e. The molecule has 0 aliphatic rings. The van der Waals surface area contributed by atoms with Crippen LogP contribution in [0.5, 0.6) is 0 Å². The maximum absolute atomic E-state index is 10.9. The highest BCUT2D eigenvalue weighted by atomic mass is 32.2. The van der Waals surface area contributed by atoms with Gasteiger partial charge in [0, 0.05) is 0 Å². The minimum atomic E-state index is -2.07. The molecule has 3 rings (SSSR count). The molecule has 3 aromatic rings. The van der Waals surface area contributed by atoms with Crippen molar-refractivity contribution < 1.29 is 8.76 Å². The summed E-state index contributed by atoms with van der Waals surface area (Å²) in [5.74, 6) is 0. The molecular weight excluding hydrogens is 224 g/mol. The molecule has 1 heterocycles. The Morgan fingerprint density at radius 3 is 2.56 bits per heavy atom. The standard InChI is InChI=1S/C11H8N2O2S/c14-16(15)11-12-9-5-7-3-1-2-4-8(7)6-10(9)13-11/h1-6H,(H,12,13)(H,14,15). The summed E-state index contributed by atoms with van der Waals surface area (Å²) in [6, 6.07) is 11.7. The molecule has 4 nitrogen and oxygen atoms in total. The Kier molecular flexibility index (Phi) is 2.02. The highest BCUT2D eigenvalue weighted by molar-refractivity contribution is 7.79. The first-order valence-electron chi connectivity index (χ1n) is 4.73. The molecule has 0 saturated carbocycles. The highest BCUT2D eigenvalue weighted by Gasteiger charge is 2.07. The van der Waals surface area contributed by atoms with Gasteiger partial charge in [-0.2, -0.15) is 0 Å². The number of imidazole rings is 1. The molecular formula is C11H8N2O2S. The summed E-state index contributed by atoms with van der Waals surface area (Å²) in [5.41, 5.74) is 1.48. The molecule has 5 heteroatoms. The van der Waals surface area contributed by atoms with Crippen LogP contribution in [-0.4, -0.2) is 18.7 Å². The monoisotopic (exact) mass is 232 g/mol. The van der Waals surface area contributed by atoms with Crippen molar-refractivity contribution >= 4 is 32.9 Å². The van der Waals surface area contributed by atoms with Crippen LogP contribution in [0.2, 0.25) is 0 Å². The van der Waals surface area contributed by atoms with E-state index >= 15 is 0 Å². The van der Waals surface area contributed by atoms with Gasteiger partial charge >= 0.3 is 0 Å². The lowest BCUT2D eigenvalue weighted by Crippen LogP contribution is -1.89. The summed E-state index contributed by atoms with van der Waals surface area (Å²) < 4.78 is 19.8. The number of fused-ring (bicyclic) bond motifs is 2. The van der Waals surface area contributed by atoms with E-state index in [1.54, 1.807) is 0 Å². The first-order chi connectivity index (χ1) is 7.74. The smallest absolute Gasteiger partial charge is 0.225 e. The predicted octanol–water partition coefficient (Wildman–Crippen LogP) is 2.30. The van der Waals surface area contributed by atoms with E-state index < -0.39 is 11.1 Å². The van der Waals surface area contributed by atoms with Crippen molar-refractivity contribution in [3.8, 4) is 0 Å². The van der Waals surface area contributed by atoms with Gasteiger partial charge in [-0.05, 0) is 22.9 Å². The van der Waals surface area contributed by atoms with Gasteiger partial charge in [-0.3, -0.25) is 4.55 Å². The third-order valence-electron chi connectivity index (χ3n) is 2.49. The number of aromatic amines is 1. The first kappa shape index (κ1) is 9.50. The summed E-state index contributed by atoms with van der Waals surface area (Å²) in [6.45, 7) is 0. The number of H-pyrrole nitrogens is 1. The Bertz CT molecular complexity index is 653. The van der Waals surface area contributed by atoms with Crippen molar-refractivity contribution in [2.45, 2.75) is 5.16 Å². The van der Waals surface area contributed by atoms with Crippen LogP contribution >= 0.6 is 0 Å². The molecule has 0 fully saturated rings. The quantitative estimate of drug-likeness (QED) is 0.633. The van der Waals surface area contributed by atoms with Crippen LogP contribution in [0.1, 0.15) is 0 Å². The van der Waals surface area contributed by atoms with Gasteiger partial charge in [0.05, 0.1) is 11.0 Å². The third kappa shape index (κ3) is 1.41. The van der Waals surface area contributed by atoms with E-state index in [0.29, 0.717) is 5.52 Å². The lowest BCUT2D eigenvalue weighted by molar-refractivity contribution is 0.557. The minimum Gasteiger partial charge on any atom is -0.329 e. The number of hydrogen-bond donors (Lipinski definition) is 2. The highest BCUT2D eigenvalue weighted by Crippen LogP contribution is 2.21. The number of nitrogens with one attached hydrogen (secondary N) is 1. The Hall–Kier alpha value is -1.72. The number of rotatable bonds is 1. The minimum absolute atomic E-state index is 0.0882. The molecule has 80 valence electrons. The van der Waals surface area contributed by atoms with Crippen molar-refractivity contribution in [3.05, 3.63) is 36.4 Å². The zero-order chi connectivity index (χ0) is 11.1. The molecule has 0 aliphatic heterocycles. The second-order valence-corrected chi connectivity index (χ2v) is 4.39. The van der Waals surface area contributed by atoms with Crippen molar-refractivity contribution in [3.63, 3.8) is 0 Å². The molecule has 2 aromatic carbocycles. The molecule has 0 bridgehead atoms. The number of benzene rings is 2. The Labute approximate surface area is 93.6 Å². The van der Waals surface area contributed by atoms with Crippen molar-refractivity contribution in [1.82, 2.24) is 9.97 Å². The van der Waals surface area contributed by atoms with Gasteiger partial charge < -0.3 is 4.98 Å². The van der Waals surface area contributed by atoms with Crippen molar-refractivity contribution in [2.24, 2.45) is 0 Å². The summed E-state index contributed by atoms with van der Waals surface area (Å²) in [6.07, 6.45) is 0. The second kappa shape index (κ2) is 3.40. The fourth-order valence-electron chi connectivity index (χ4n) is 1.76. The van der Waals surface area contributed by atoms with Crippen LogP contribution in [0, 0.1) is 0 Å². The molecule has 1 unspecified atom stereocenters. The molecule has 0 radical (unpaired) electrons. The average molecular weight is 232 g/mol. The Balaban J connectivity index is 2.38. The van der Waals surface area contributed by atoms with Crippen LogP contribution in [-0.2, 0) is 11.1 Å². The van der Waals surface area contributed by atoms with E-state index in [9.17, 15) is 4.21 Å². The molecule has 0 saturated heterocycles. The summed E-state index contributed by atoms with van der Waals surface area (Å²) >= 11 is -2.07. The zero-order valence-corrected chi connectivity index (χ0v) is 8.99. The van der Waals surface area contributed by atoms with Crippen LogP contribution in [0.3, 0.4) is 0 Å². The van der Waals surface area contributed by atoms with Gasteiger partial charge in [0.2, 0.25) is 16.2 Å². The Morgan fingerprint density at radius 2 is 1.88 bits per heavy atom. The summed E-state index contributed by atoms with van der Waals surface area (Å²) in [4.78, 5) is 6.88. The van der Waals surface area contributed by atoms with Crippen molar-refractivity contribution in [2.75, 3.05) is 0 Å². The second-order valence-electron chi connectivity index (χ2n) is 3.51. The fourth-order valence-corrected chi connectivity index (χ4v) is 2.13. The summed E-state index contributed by atoms with van der Waals surface area (Å²) in [7, 11) is 0. The Morgan fingerprint density at radius 1 is 1.19 bits per heavy atom. The number of nitrogens with zero attached hydrogens (tertiary/aromatic N) is 1. The topological polar surface area (TPSA) is 66.0 Å². The number of aromatic nitrogens is 2. The SMILES string of the molecule is O=S(O)c1nc2cc3ccccc3cc2[nH]1. The van der Waals surface area contributed by atoms with E-state index in [1.165, 1.54) is 0 Å². The summed E-state index contributed by atoms with van der Waals surface area (Å²) in [5, 5.41) is 2.23. The lowest BCUT2D eigenvalue weighted by Gasteiger charge is -1.95. The van der Waals surface area contributed by atoms with Crippen LogP contribution in [0.15, 0.2) is 41.6 Å². The molecule has 0 aliphatic carbocycles. The fraction of sp³-hybridized carbons (Fsp3) is 0. The van der Waals surface area contributed by atoms with Gasteiger partial charge in [-0.15, -0.1) is 0 Å². The molecule has 1 atom stereocenters. The van der Waals surface area contributed by atoms with E-state index in [1.807, 2.05) is 36.4 Å². The molecule has 2 N–H and O–H groups in total. The number of hydrogen-bond acceptors (Lipinski definition) is 2. The maximum Gasteiger partial charge on any atom is 0.225 e. The normalized spacial score (nSPS) is 13.3. The van der Waals surface area contributed by atoms with Gasteiger partial charge in [0.1, 0.15) is 0 Å². The molecule has 16 heavy (non-hydrogen) atoms. The van der Waals surface area contributed by atoms with Crippen LogP contribution in [0.25, 0.3) is 21.8 Å². The van der Waals surface area contributed by atoms with E-state index in [0.717, 1.165) is 16.3 Å². The first-order valence-corrected chi connectivity index (χ1v) is 5.84. The van der Waals surface area contributed by atoms with Crippen molar-refractivity contribution in [1.29, 1.82) is 0 Å².